The number of hydrogen-bond donors (Lipinski definition) is 1. The fourth-order valence-electron chi connectivity index (χ4n) is 2.29. The van der Waals surface area contributed by atoms with Crippen LogP contribution in [0.25, 0.3) is 0 Å². The van der Waals surface area contributed by atoms with Crippen molar-refractivity contribution in [1.82, 2.24) is 4.90 Å². The van der Waals surface area contributed by atoms with Crippen molar-refractivity contribution < 1.29 is 9.15 Å². The normalized spacial score (nSPS) is 28.2. The van der Waals surface area contributed by atoms with Crippen LogP contribution in [0, 0.1) is 0 Å². The number of furan rings is 1. The van der Waals surface area contributed by atoms with Gasteiger partial charge in [0.05, 0.1) is 18.8 Å². The Labute approximate surface area is 110 Å². The minimum atomic E-state index is 0.127. The Morgan fingerprint density at radius 3 is 2.88 bits per heavy atom. The lowest BCUT2D eigenvalue weighted by Crippen LogP contribution is -2.50. The van der Waals surface area contributed by atoms with Crippen molar-refractivity contribution in [1.29, 1.82) is 0 Å². The third kappa shape index (κ3) is 2.91. The molecule has 2 N–H and O–H groups in total. The highest BCUT2D eigenvalue weighted by Gasteiger charge is 2.31. The third-order valence-corrected chi connectivity index (χ3v) is 3.63. The van der Waals surface area contributed by atoms with Gasteiger partial charge in [-0.2, -0.15) is 0 Å². The first-order valence-corrected chi connectivity index (χ1v) is 6.73. The van der Waals surface area contributed by atoms with Crippen LogP contribution in [0.4, 0.5) is 0 Å². The molecule has 2 heterocycles. The molecule has 17 heavy (non-hydrogen) atoms. The Kier molecular flexibility index (Phi) is 4.25. The second-order valence-corrected chi connectivity index (χ2v) is 5.36. The van der Waals surface area contributed by atoms with Gasteiger partial charge >= 0.3 is 0 Å². The van der Waals surface area contributed by atoms with E-state index < -0.39 is 0 Å². The van der Waals surface area contributed by atoms with Crippen LogP contribution in [0.5, 0.6) is 0 Å². The highest BCUT2D eigenvalue weighted by molar-refractivity contribution is 9.10. The van der Waals surface area contributed by atoms with Crippen molar-refractivity contribution in [2.45, 2.75) is 32.0 Å². The summed E-state index contributed by atoms with van der Waals surface area (Å²) in [6.07, 6.45) is 0.249. The lowest BCUT2D eigenvalue weighted by atomic mass is 10.1. The molecule has 0 saturated carbocycles. The summed E-state index contributed by atoms with van der Waals surface area (Å²) in [5, 5.41) is 0. The van der Waals surface area contributed by atoms with Crippen molar-refractivity contribution in [2.75, 3.05) is 19.7 Å². The van der Waals surface area contributed by atoms with Crippen molar-refractivity contribution in [3.63, 3.8) is 0 Å². The quantitative estimate of drug-likeness (QED) is 0.929. The summed E-state index contributed by atoms with van der Waals surface area (Å²) in [5.74, 6) is 0.917. The zero-order valence-electron chi connectivity index (χ0n) is 10.2. The molecule has 4 nitrogen and oxygen atoms in total. The highest BCUT2D eigenvalue weighted by atomic mass is 79.9. The first-order chi connectivity index (χ1) is 8.11. The SMILES string of the molecule is CC1CN(C(CN)c2ccc(Br)o2)C(C)CO1. The van der Waals surface area contributed by atoms with Crippen LogP contribution in [0.2, 0.25) is 0 Å². The van der Waals surface area contributed by atoms with E-state index in [1.54, 1.807) is 0 Å². The molecule has 0 spiro atoms. The standard InChI is InChI=1S/C12H19BrN2O2/c1-8-7-16-9(2)6-15(8)10(5-14)11-3-4-12(13)17-11/h3-4,8-10H,5-7,14H2,1-2H3. The Hall–Kier alpha value is -0.360. The number of ether oxygens (including phenoxy) is 1. The average Bonchev–Trinajstić information content (AvgIpc) is 2.71. The molecule has 5 heteroatoms. The second-order valence-electron chi connectivity index (χ2n) is 4.58. The molecule has 1 aromatic rings. The number of nitrogens with zero attached hydrogens (tertiary/aromatic N) is 1. The van der Waals surface area contributed by atoms with E-state index in [1.807, 2.05) is 12.1 Å². The molecule has 0 aliphatic carbocycles. The summed E-state index contributed by atoms with van der Waals surface area (Å²) in [5.41, 5.74) is 5.89. The molecule has 1 fully saturated rings. The first-order valence-electron chi connectivity index (χ1n) is 5.94. The van der Waals surface area contributed by atoms with Crippen LogP contribution in [0.1, 0.15) is 25.6 Å². The first kappa shape index (κ1) is 13.1. The van der Waals surface area contributed by atoms with Crippen molar-refractivity contribution in [3.05, 3.63) is 22.6 Å². The van der Waals surface area contributed by atoms with E-state index in [0.29, 0.717) is 12.6 Å². The van der Waals surface area contributed by atoms with Gasteiger partial charge in [-0.05, 0) is 41.9 Å². The maximum absolute atomic E-state index is 5.89. The van der Waals surface area contributed by atoms with Crippen LogP contribution in [0.3, 0.4) is 0 Å². The van der Waals surface area contributed by atoms with Crippen LogP contribution in [-0.4, -0.2) is 36.7 Å². The Bertz CT molecular complexity index is 369. The van der Waals surface area contributed by atoms with E-state index >= 15 is 0 Å². The summed E-state index contributed by atoms with van der Waals surface area (Å²) in [7, 11) is 0. The van der Waals surface area contributed by atoms with Crippen molar-refractivity contribution in [2.24, 2.45) is 5.73 Å². The molecule has 0 amide bonds. The topological polar surface area (TPSA) is 51.6 Å². The van der Waals surface area contributed by atoms with E-state index in [1.165, 1.54) is 0 Å². The Balaban J connectivity index is 2.16. The fraction of sp³-hybridized carbons (Fsp3) is 0.667. The molecule has 0 radical (unpaired) electrons. The molecule has 2 rings (SSSR count). The fourth-order valence-corrected chi connectivity index (χ4v) is 2.60. The molecule has 0 aromatic carbocycles. The van der Waals surface area contributed by atoms with Gasteiger partial charge < -0.3 is 14.9 Å². The number of halogens is 1. The van der Waals surface area contributed by atoms with Crippen LogP contribution in [0.15, 0.2) is 21.2 Å². The van der Waals surface area contributed by atoms with Crippen molar-refractivity contribution in [3.8, 4) is 0 Å². The zero-order valence-corrected chi connectivity index (χ0v) is 11.8. The maximum atomic E-state index is 5.89. The average molecular weight is 303 g/mol. The van der Waals surface area contributed by atoms with Crippen LogP contribution >= 0.6 is 15.9 Å². The van der Waals surface area contributed by atoms with E-state index in [0.717, 1.165) is 23.6 Å². The molecule has 1 saturated heterocycles. The van der Waals surface area contributed by atoms with Gasteiger partial charge in [0, 0.05) is 19.1 Å². The summed E-state index contributed by atoms with van der Waals surface area (Å²) < 4.78 is 12.0. The van der Waals surface area contributed by atoms with Gasteiger partial charge in [0.25, 0.3) is 0 Å². The lowest BCUT2D eigenvalue weighted by Gasteiger charge is -2.40. The summed E-state index contributed by atoms with van der Waals surface area (Å²) in [6.45, 7) is 6.44. The largest absolute Gasteiger partial charge is 0.453 e. The van der Waals surface area contributed by atoms with E-state index in [4.69, 9.17) is 14.9 Å². The van der Waals surface area contributed by atoms with E-state index in [2.05, 4.69) is 34.7 Å². The molecule has 96 valence electrons. The predicted octanol–water partition coefficient (Wildman–Crippen LogP) is 2.15. The number of hydrogen-bond acceptors (Lipinski definition) is 4. The van der Waals surface area contributed by atoms with Gasteiger partial charge in [0.15, 0.2) is 4.67 Å². The van der Waals surface area contributed by atoms with Gasteiger partial charge in [-0.25, -0.2) is 0 Å². The van der Waals surface area contributed by atoms with Gasteiger partial charge in [-0.1, -0.05) is 0 Å². The highest BCUT2D eigenvalue weighted by Crippen LogP contribution is 2.28. The Morgan fingerprint density at radius 2 is 2.29 bits per heavy atom. The number of nitrogens with two attached hydrogens (primary N) is 1. The van der Waals surface area contributed by atoms with Crippen LogP contribution in [-0.2, 0) is 4.74 Å². The van der Waals surface area contributed by atoms with E-state index in [9.17, 15) is 0 Å². The molecule has 3 unspecified atom stereocenters. The van der Waals surface area contributed by atoms with Crippen molar-refractivity contribution >= 4 is 15.9 Å². The van der Waals surface area contributed by atoms with E-state index in [-0.39, 0.29) is 12.1 Å². The molecular formula is C12H19BrN2O2. The smallest absolute Gasteiger partial charge is 0.169 e. The minimum Gasteiger partial charge on any atom is -0.453 e. The predicted molar refractivity (Wildman–Crippen MR) is 69.8 cm³/mol. The molecule has 0 bridgehead atoms. The molecule has 1 aliphatic heterocycles. The molecule has 1 aliphatic rings. The lowest BCUT2D eigenvalue weighted by molar-refractivity contribution is -0.0682. The summed E-state index contributed by atoms with van der Waals surface area (Å²) in [4.78, 5) is 2.36. The summed E-state index contributed by atoms with van der Waals surface area (Å²) >= 11 is 3.33. The summed E-state index contributed by atoms with van der Waals surface area (Å²) in [6, 6.07) is 4.38. The minimum absolute atomic E-state index is 0.127. The van der Waals surface area contributed by atoms with Gasteiger partial charge in [-0.15, -0.1) is 0 Å². The van der Waals surface area contributed by atoms with Crippen LogP contribution < -0.4 is 5.73 Å². The number of morpholine rings is 1. The third-order valence-electron chi connectivity index (χ3n) is 3.20. The molecular weight excluding hydrogens is 284 g/mol. The second kappa shape index (κ2) is 5.52. The molecule has 1 aromatic heterocycles. The van der Waals surface area contributed by atoms with Gasteiger partial charge in [-0.3, -0.25) is 4.90 Å². The maximum Gasteiger partial charge on any atom is 0.169 e. The van der Waals surface area contributed by atoms with Gasteiger partial charge in [0.1, 0.15) is 5.76 Å². The zero-order chi connectivity index (χ0) is 12.4. The number of rotatable bonds is 3. The monoisotopic (exact) mass is 302 g/mol. The van der Waals surface area contributed by atoms with Gasteiger partial charge in [0.2, 0.25) is 0 Å². The Morgan fingerprint density at radius 1 is 1.53 bits per heavy atom. The molecule has 3 atom stereocenters.